The van der Waals surface area contributed by atoms with Crippen molar-refractivity contribution >= 4 is 5.96 Å². The summed E-state index contributed by atoms with van der Waals surface area (Å²) < 4.78 is 11.6. The lowest BCUT2D eigenvalue weighted by atomic mass is 9.94. The van der Waals surface area contributed by atoms with E-state index >= 15 is 0 Å². The first kappa shape index (κ1) is 19.8. The summed E-state index contributed by atoms with van der Waals surface area (Å²) in [6, 6.07) is 9.81. The number of likely N-dealkylation sites (N-methyl/N-ethyl adjacent to an activating group) is 1. The summed E-state index contributed by atoms with van der Waals surface area (Å²) in [5, 5.41) is 3.29. The maximum absolute atomic E-state index is 5.81. The number of nitrogens with zero attached hydrogens (tertiary/aromatic N) is 3. The number of aliphatic imine (C=N–C) groups is 1. The fraction of sp³-hybridized carbons (Fsp3) is 0.500. The molecule has 1 N–H and O–H groups in total. The molecular weight excluding hydrogens is 328 g/mol. The third-order valence-corrected chi connectivity index (χ3v) is 3.79. The van der Waals surface area contributed by atoms with Crippen LogP contribution in [0.1, 0.15) is 39.3 Å². The Hall–Kier alpha value is -2.50. The second-order valence-corrected chi connectivity index (χ2v) is 7.12. The van der Waals surface area contributed by atoms with Crippen LogP contribution >= 0.6 is 0 Å². The molecule has 2 rings (SSSR count). The maximum Gasteiger partial charge on any atom is 0.216 e. The lowest BCUT2D eigenvalue weighted by molar-refractivity contribution is 0.281. The molecule has 1 aromatic heterocycles. The van der Waals surface area contributed by atoms with Crippen molar-refractivity contribution in [3.05, 3.63) is 48.2 Å². The van der Waals surface area contributed by atoms with Gasteiger partial charge < -0.3 is 19.4 Å². The van der Waals surface area contributed by atoms with Crippen LogP contribution in [0.2, 0.25) is 0 Å². The first-order valence-electron chi connectivity index (χ1n) is 9.02. The number of rotatable bonds is 7. The van der Waals surface area contributed by atoms with E-state index in [9.17, 15) is 0 Å². The highest BCUT2D eigenvalue weighted by Crippen LogP contribution is 2.22. The number of ether oxygens (including phenoxy) is 1. The molecule has 1 aromatic carbocycles. The van der Waals surface area contributed by atoms with E-state index in [1.165, 1.54) is 0 Å². The summed E-state index contributed by atoms with van der Waals surface area (Å²) in [6.07, 6.45) is 1.79. The molecule has 26 heavy (non-hydrogen) atoms. The number of oxazole rings is 1. The standard InChI is InChI=1S/C20H30N4O2/c1-6-21-19(23-15-18-22-14-17(26-18)20(2,3)4)24(5)12-13-25-16-10-8-7-9-11-16/h7-11,14H,6,12-13,15H2,1-5H3,(H,21,23). The molecule has 6 nitrogen and oxygen atoms in total. The van der Waals surface area contributed by atoms with Gasteiger partial charge in [0.05, 0.1) is 12.7 Å². The maximum atomic E-state index is 5.81. The molecule has 0 aliphatic carbocycles. The molecule has 2 aromatic rings. The fourth-order valence-corrected chi connectivity index (χ4v) is 2.27. The molecule has 0 fully saturated rings. The van der Waals surface area contributed by atoms with Crippen LogP contribution in [0.15, 0.2) is 45.9 Å². The zero-order chi connectivity index (χ0) is 19.0. The largest absolute Gasteiger partial charge is 0.492 e. The minimum absolute atomic E-state index is 0.0506. The van der Waals surface area contributed by atoms with Crippen LogP contribution in [-0.2, 0) is 12.0 Å². The lowest BCUT2D eigenvalue weighted by Crippen LogP contribution is -2.40. The Morgan fingerprint density at radius 1 is 1.27 bits per heavy atom. The van der Waals surface area contributed by atoms with Crippen LogP contribution in [0.25, 0.3) is 0 Å². The zero-order valence-corrected chi connectivity index (χ0v) is 16.5. The highest BCUT2D eigenvalue weighted by Gasteiger charge is 2.19. The number of nitrogens with one attached hydrogen (secondary N) is 1. The van der Waals surface area contributed by atoms with E-state index < -0.39 is 0 Å². The van der Waals surface area contributed by atoms with Crippen molar-refractivity contribution in [1.82, 2.24) is 15.2 Å². The minimum Gasteiger partial charge on any atom is -0.492 e. The molecule has 0 amide bonds. The summed E-state index contributed by atoms with van der Waals surface area (Å²) >= 11 is 0. The predicted octanol–water partition coefficient (Wildman–Crippen LogP) is 3.45. The van der Waals surface area contributed by atoms with Crippen molar-refractivity contribution < 1.29 is 9.15 Å². The van der Waals surface area contributed by atoms with Crippen molar-refractivity contribution in [2.45, 2.75) is 39.7 Å². The molecule has 0 aliphatic rings. The summed E-state index contributed by atoms with van der Waals surface area (Å²) in [6.45, 7) is 10.9. The molecular formula is C20H30N4O2. The molecule has 142 valence electrons. The smallest absolute Gasteiger partial charge is 0.216 e. The van der Waals surface area contributed by atoms with Crippen LogP contribution in [0, 0.1) is 0 Å². The Labute approximate surface area is 156 Å². The molecule has 0 bridgehead atoms. The fourth-order valence-electron chi connectivity index (χ4n) is 2.27. The SMILES string of the molecule is CCNC(=NCc1ncc(C(C)(C)C)o1)N(C)CCOc1ccccc1. The van der Waals surface area contributed by atoms with E-state index in [0.717, 1.165) is 30.6 Å². The second kappa shape index (κ2) is 9.27. The van der Waals surface area contributed by atoms with Gasteiger partial charge in [0.2, 0.25) is 5.89 Å². The van der Waals surface area contributed by atoms with Gasteiger partial charge in [-0.25, -0.2) is 9.98 Å². The van der Waals surface area contributed by atoms with Crippen LogP contribution in [0.4, 0.5) is 0 Å². The van der Waals surface area contributed by atoms with Gasteiger partial charge in [0, 0.05) is 19.0 Å². The van der Waals surface area contributed by atoms with Crippen molar-refractivity contribution in [2.24, 2.45) is 4.99 Å². The monoisotopic (exact) mass is 358 g/mol. The number of benzene rings is 1. The van der Waals surface area contributed by atoms with Gasteiger partial charge in [0.15, 0.2) is 5.96 Å². The van der Waals surface area contributed by atoms with Crippen LogP contribution < -0.4 is 10.1 Å². The molecule has 0 saturated heterocycles. The minimum atomic E-state index is -0.0506. The third-order valence-electron chi connectivity index (χ3n) is 3.79. The molecule has 0 radical (unpaired) electrons. The van der Waals surface area contributed by atoms with E-state index in [4.69, 9.17) is 9.15 Å². The second-order valence-electron chi connectivity index (χ2n) is 7.12. The van der Waals surface area contributed by atoms with Crippen molar-refractivity contribution in [2.75, 3.05) is 26.7 Å². The zero-order valence-electron chi connectivity index (χ0n) is 16.5. The Balaban J connectivity index is 1.91. The van der Waals surface area contributed by atoms with Gasteiger partial charge in [-0.2, -0.15) is 0 Å². The molecule has 6 heteroatoms. The van der Waals surface area contributed by atoms with Crippen LogP contribution in [0.5, 0.6) is 5.75 Å². The topological polar surface area (TPSA) is 62.9 Å². The van der Waals surface area contributed by atoms with Crippen LogP contribution in [-0.4, -0.2) is 42.6 Å². The number of guanidine groups is 1. The highest BCUT2D eigenvalue weighted by molar-refractivity contribution is 5.79. The average molecular weight is 358 g/mol. The summed E-state index contributed by atoms with van der Waals surface area (Å²) in [5.41, 5.74) is -0.0506. The van der Waals surface area contributed by atoms with Crippen molar-refractivity contribution in [3.8, 4) is 5.75 Å². The number of hydrogen-bond acceptors (Lipinski definition) is 4. The third kappa shape index (κ3) is 6.10. The van der Waals surface area contributed by atoms with Crippen molar-refractivity contribution in [3.63, 3.8) is 0 Å². The van der Waals surface area contributed by atoms with Gasteiger partial charge in [0.25, 0.3) is 0 Å². The predicted molar refractivity (Wildman–Crippen MR) is 105 cm³/mol. The quantitative estimate of drug-likeness (QED) is 0.607. The average Bonchev–Trinajstić information content (AvgIpc) is 3.09. The van der Waals surface area contributed by atoms with Crippen molar-refractivity contribution in [1.29, 1.82) is 0 Å². The number of para-hydroxylation sites is 1. The lowest BCUT2D eigenvalue weighted by Gasteiger charge is -2.22. The van der Waals surface area contributed by atoms with E-state index in [1.807, 2.05) is 49.2 Å². The number of hydrogen-bond donors (Lipinski definition) is 1. The summed E-state index contributed by atoms with van der Waals surface area (Å²) in [5.74, 6) is 3.17. The van der Waals surface area contributed by atoms with Gasteiger partial charge in [-0.3, -0.25) is 0 Å². The molecule has 0 spiro atoms. The molecule has 1 heterocycles. The van der Waals surface area contributed by atoms with E-state index in [2.05, 4.69) is 36.1 Å². The highest BCUT2D eigenvalue weighted by atomic mass is 16.5. The van der Waals surface area contributed by atoms with Gasteiger partial charge >= 0.3 is 0 Å². The first-order chi connectivity index (χ1) is 12.4. The Bertz CT molecular complexity index is 689. The van der Waals surface area contributed by atoms with Gasteiger partial charge in [-0.05, 0) is 19.1 Å². The summed E-state index contributed by atoms with van der Waals surface area (Å²) in [7, 11) is 1.99. The normalized spacial score (nSPS) is 12.1. The number of aromatic nitrogens is 1. The molecule has 0 saturated carbocycles. The van der Waals surface area contributed by atoms with E-state index in [1.54, 1.807) is 6.20 Å². The van der Waals surface area contributed by atoms with Gasteiger partial charge in [0.1, 0.15) is 24.7 Å². The molecule has 0 aliphatic heterocycles. The van der Waals surface area contributed by atoms with E-state index in [0.29, 0.717) is 19.0 Å². The first-order valence-corrected chi connectivity index (χ1v) is 9.02. The van der Waals surface area contributed by atoms with Gasteiger partial charge in [-0.1, -0.05) is 39.0 Å². The van der Waals surface area contributed by atoms with Crippen LogP contribution in [0.3, 0.4) is 0 Å². The van der Waals surface area contributed by atoms with Gasteiger partial charge in [-0.15, -0.1) is 0 Å². The Kier molecular flexibility index (Phi) is 7.06. The van der Waals surface area contributed by atoms with E-state index in [-0.39, 0.29) is 5.41 Å². The Morgan fingerprint density at radius 3 is 2.62 bits per heavy atom. The Morgan fingerprint density at radius 2 is 2.00 bits per heavy atom. The molecule has 0 atom stereocenters. The molecule has 0 unspecified atom stereocenters. The summed E-state index contributed by atoms with van der Waals surface area (Å²) in [4.78, 5) is 11.0.